The smallest absolute Gasteiger partial charge is 0.229 e. The summed E-state index contributed by atoms with van der Waals surface area (Å²) in [6.45, 7) is 7.96. The molecule has 0 unspecified atom stereocenters. The molecule has 0 aromatic heterocycles. The van der Waals surface area contributed by atoms with E-state index in [0.29, 0.717) is 25.7 Å². The molecule has 2 atom stereocenters. The van der Waals surface area contributed by atoms with Crippen molar-refractivity contribution in [2.75, 3.05) is 0 Å². The van der Waals surface area contributed by atoms with Gasteiger partial charge < -0.3 is 20.8 Å². The Morgan fingerprint density at radius 1 is 0.690 bits per heavy atom. The van der Waals surface area contributed by atoms with Crippen molar-refractivity contribution < 1.29 is 19.8 Å². The number of carbonyl (C=O) groups excluding carboxylic acids is 2. The van der Waals surface area contributed by atoms with E-state index in [1.807, 2.05) is 27.7 Å². The fourth-order valence-corrected chi connectivity index (χ4v) is 5.39. The number of amides is 2. The molecule has 0 aromatic rings. The maximum atomic E-state index is 12.6. The van der Waals surface area contributed by atoms with Crippen molar-refractivity contribution in [3.63, 3.8) is 0 Å². The Morgan fingerprint density at radius 3 is 1.28 bits per heavy atom. The van der Waals surface area contributed by atoms with Gasteiger partial charge in [0.2, 0.25) is 11.8 Å². The first-order valence-corrected chi connectivity index (χ1v) is 11.6. The van der Waals surface area contributed by atoms with Crippen molar-refractivity contribution >= 4 is 11.8 Å². The normalized spacial score (nSPS) is 23.4. The second kappa shape index (κ2) is 10.3. The summed E-state index contributed by atoms with van der Waals surface area (Å²) < 4.78 is 0. The number of nitrogens with one attached hydrogen (secondary N) is 2. The largest absolute Gasteiger partial charge is 0.388 e. The quantitative estimate of drug-likeness (QED) is 0.462. The van der Waals surface area contributed by atoms with Gasteiger partial charge in [-0.2, -0.15) is 0 Å². The summed E-state index contributed by atoms with van der Waals surface area (Å²) in [5.74, 6) is -0.565. The van der Waals surface area contributed by atoms with Crippen LogP contribution >= 0.6 is 0 Å². The molecule has 2 aliphatic carbocycles. The second-order valence-corrected chi connectivity index (χ2v) is 10.1. The molecule has 4 N–H and O–H groups in total. The average molecular weight is 411 g/mol. The maximum Gasteiger partial charge on any atom is 0.229 e. The lowest BCUT2D eigenvalue weighted by molar-refractivity contribution is -0.134. The monoisotopic (exact) mass is 410 g/mol. The van der Waals surface area contributed by atoms with Gasteiger partial charge in [-0.15, -0.1) is 0 Å². The highest BCUT2D eigenvalue weighted by atomic mass is 16.3. The van der Waals surface area contributed by atoms with E-state index in [9.17, 15) is 19.8 Å². The van der Waals surface area contributed by atoms with E-state index in [0.717, 1.165) is 38.5 Å². The number of hydrogen-bond acceptors (Lipinski definition) is 4. The topological polar surface area (TPSA) is 98.7 Å². The summed E-state index contributed by atoms with van der Waals surface area (Å²) in [5.41, 5.74) is -1.79. The van der Waals surface area contributed by atoms with Gasteiger partial charge in [-0.25, -0.2) is 0 Å². The van der Waals surface area contributed by atoms with Crippen LogP contribution in [-0.4, -0.2) is 45.3 Å². The molecule has 2 amide bonds. The molecule has 0 radical (unpaired) electrons. The van der Waals surface area contributed by atoms with Crippen LogP contribution in [0.3, 0.4) is 0 Å². The highest BCUT2D eigenvalue weighted by Crippen LogP contribution is 2.35. The van der Waals surface area contributed by atoms with Crippen molar-refractivity contribution in [2.24, 2.45) is 11.8 Å². The van der Waals surface area contributed by atoms with Crippen LogP contribution in [0.25, 0.3) is 0 Å². The summed E-state index contributed by atoms with van der Waals surface area (Å²) in [6.07, 6.45) is 8.54. The molecule has 2 aliphatic rings. The fourth-order valence-electron chi connectivity index (χ4n) is 5.39. The van der Waals surface area contributed by atoms with Crippen LogP contribution in [0, 0.1) is 11.8 Å². The minimum atomic E-state index is -0.893. The van der Waals surface area contributed by atoms with E-state index < -0.39 is 11.2 Å². The van der Waals surface area contributed by atoms with E-state index >= 15 is 0 Å². The first-order chi connectivity index (χ1) is 13.6. The molecule has 29 heavy (non-hydrogen) atoms. The van der Waals surface area contributed by atoms with E-state index in [2.05, 4.69) is 10.6 Å². The van der Waals surface area contributed by atoms with Gasteiger partial charge in [-0.05, 0) is 37.5 Å². The Labute approximate surface area is 176 Å². The number of carbonyl (C=O) groups is 2. The molecule has 0 aliphatic heterocycles. The third-order valence-electron chi connectivity index (χ3n) is 6.88. The molecule has 2 fully saturated rings. The van der Waals surface area contributed by atoms with Crippen molar-refractivity contribution in [1.29, 1.82) is 0 Å². The van der Waals surface area contributed by atoms with Gasteiger partial charge in [0.15, 0.2) is 0 Å². The summed E-state index contributed by atoms with van der Waals surface area (Å²) in [5, 5.41) is 28.0. The zero-order valence-electron chi connectivity index (χ0n) is 18.8. The van der Waals surface area contributed by atoms with Gasteiger partial charge in [0, 0.05) is 0 Å². The molecule has 0 saturated heterocycles. The zero-order chi connectivity index (χ0) is 21.7. The molecule has 2 rings (SSSR count). The lowest BCUT2D eigenvalue weighted by Crippen LogP contribution is -2.58. The van der Waals surface area contributed by atoms with Crippen molar-refractivity contribution in [2.45, 2.75) is 122 Å². The minimum Gasteiger partial charge on any atom is -0.388 e. The van der Waals surface area contributed by atoms with Crippen LogP contribution < -0.4 is 10.6 Å². The number of aliphatic hydroxyl groups is 2. The SMILES string of the molecule is CC(C)[C@@H](NC(=O)CC(=O)N[C@H](C(C)C)C1(O)CCCCC1)C1(O)CCCCC1. The summed E-state index contributed by atoms with van der Waals surface area (Å²) in [6, 6.07) is -0.710. The van der Waals surface area contributed by atoms with Gasteiger partial charge in [0.25, 0.3) is 0 Å². The molecular formula is C23H42N2O4. The van der Waals surface area contributed by atoms with E-state index in [1.165, 1.54) is 0 Å². The predicted octanol–water partition coefficient (Wildman–Crippen LogP) is 3.05. The summed E-state index contributed by atoms with van der Waals surface area (Å²) in [7, 11) is 0. The molecule has 0 spiro atoms. The predicted molar refractivity (Wildman–Crippen MR) is 114 cm³/mol. The lowest BCUT2D eigenvalue weighted by atomic mass is 9.75. The van der Waals surface area contributed by atoms with Crippen LogP contribution in [0.1, 0.15) is 98.3 Å². The van der Waals surface area contributed by atoms with Gasteiger partial charge in [0.05, 0.1) is 23.3 Å². The van der Waals surface area contributed by atoms with Crippen LogP contribution in [0.5, 0.6) is 0 Å². The van der Waals surface area contributed by atoms with Gasteiger partial charge in [-0.3, -0.25) is 9.59 Å². The molecule has 168 valence electrons. The van der Waals surface area contributed by atoms with E-state index in [1.54, 1.807) is 0 Å². The zero-order valence-corrected chi connectivity index (χ0v) is 18.8. The van der Waals surface area contributed by atoms with Crippen LogP contribution in [-0.2, 0) is 9.59 Å². The molecular weight excluding hydrogens is 368 g/mol. The highest BCUT2D eigenvalue weighted by molar-refractivity contribution is 5.97. The third-order valence-corrected chi connectivity index (χ3v) is 6.88. The van der Waals surface area contributed by atoms with Crippen LogP contribution in [0.15, 0.2) is 0 Å². The van der Waals surface area contributed by atoms with Gasteiger partial charge >= 0.3 is 0 Å². The maximum absolute atomic E-state index is 12.6. The molecule has 6 heteroatoms. The number of rotatable bonds is 8. The average Bonchev–Trinajstić information content (AvgIpc) is 2.64. The molecule has 0 bridgehead atoms. The highest BCUT2D eigenvalue weighted by Gasteiger charge is 2.42. The Kier molecular flexibility index (Phi) is 8.53. The Balaban J connectivity index is 1.96. The molecule has 6 nitrogen and oxygen atoms in total. The van der Waals surface area contributed by atoms with Gasteiger partial charge in [0.1, 0.15) is 6.42 Å². The van der Waals surface area contributed by atoms with Crippen molar-refractivity contribution in [3.8, 4) is 0 Å². The first kappa shape index (κ1) is 24.1. The van der Waals surface area contributed by atoms with Crippen LogP contribution in [0.4, 0.5) is 0 Å². The third kappa shape index (κ3) is 6.42. The Bertz CT molecular complexity index is 501. The fraction of sp³-hybridized carbons (Fsp3) is 0.913. The minimum absolute atomic E-state index is 0.0801. The molecule has 0 heterocycles. The number of hydrogen-bond donors (Lipinski definition) is 4. The Hall–Kier alpha value is -1.14. The molecule has 0 aromatic carbocycles. The standard InChI is InChI=1S/C23H42N2O4/c1-16(2)20(22(28)11-7-5-8-12-22)24-18(26)15-19(27)25-21(17(3)4)23(29)13-9-6-10-14-23/h16-17,20-21,28-29H,5-15H2,1-4H3,(H,24,26)(H,25,27)/t20-,21-/m1/s1. The Morgan fingerprint density at radius 2 is 1.00 bits per heavy atom. The molecule has 2 saturated carbocycles. The van der Waals surface area contributed by atoms with E-state index in [-0.39, 0.29) is 42.2 Å². The van der Waals surface area contributed by atoms with Crippen molar-refractivity contribution in [1.82, 2.24) is 10.6 Å². The second-order valence-electron chi connectivity index (χ2n) is 10.1. The van der Waals surface area contributed by atoms with Gasteiger partial charge in [-0.1, -0.05) is 66.2 Å². The van der Waals surface area contributed by atoms with Crippen molar-refractivity contribution in [3.05, 3.63) is 0 Å². The summed E-state index contributed by atoms with van der Waals surface area (Å²) in [4.78, 5) is 25.2. The van der Waals surface area contributed by atoms with E-state index in [4.69, 9.17) is 0 Å². The summed E-state index contributed by atoms with van der Waals surface area (Å²) >= 11 is 0. The first-order valence-electron chi connectivity index (χ1n) is 11.6. The van der Waals surface area contributed by atoms with Crippen LogP contribution in [0.2, 0.25) is 0 Å². The lowest BCUT2D eigenvalue weighted by Gasteiger charge is -2.42.